The third kappa shape index (κ3) is 1.57. The van der Waals surface area contributed by atoms with Crippen molar-refractivity contribution in [2.45, 2.75) is 39.0 Å². The van der Waals surface area contributed by atoms with Crippen LogP contribution in [0, 0.1) is 12.3 Å². The first-order chi connectivity index (χ1) is 8.97. The Morgan fingerprint density at radius 2 is 2.05 bits per heavy atom. The van der Waals surface area contributed by atoms with Gasteiger partial charge in [0.05, 0.1) is 12.5 Å². The number of aryl methyl sites for hydroxylation is 1. The molecule has 0 heterocycles. The summed E-state index contributed by atoms with van der Waals surface area (Å²) in [6, 6.07) is 4.06. The van der Waals surface area contributed by atoms with E-state index in [9.17, 15) is 9.59 Å². The molecule has 0 aliphatic heterocycles. The molecule has 2 atom stereocenters. The minimum Gasteiger partial charge on any atom is -0.496 e. The molecule has 0 N–H and O–H groups in total. The van der Waals surface area contributed by atoms with Crippen molar-refractivity contribution < 1.29 is 14.3 Å². The molecule has 2 aliphatic carbocycles. The molecular weight excluding hydrogens is 240 g/mol. The molecule has 1 fully saturated rings. The van der Waals surface area contributed by atoms with Crippen molar-refractivity contribution in [1.82, 2.24) is 0 Å². The van der Waals surface area contributed by atoms with Crippen LogP contribution in [0.1, 0.15) is 42.4 Å². The highest BCUT2D eigenvalue weighted by Gasteiger charge is 2.51. The van der Waals surface area contributed by atoms with Gasteiger partial charge in [0.2, 0.25) is 0 Å². The monoisotopic (exact) mass is 258 g/mol. The normalized spacial score (nSPS) is 29.1. The van der Waals surface area contributed by atoms with Gasteiger partial charge >= 0.3 is 0 Å². The van der Waals surface area contributed by atoms with Gasteiger partial charge in [-0.3, -0.25) is 9.59 Å². The van der Waals surface area contributed by atoms with Gasteiger partial charge in [-0.1, -0.05) is 6.07 Å². The predicted molar refractivity (Wildman–Crippen MR) is 71.5 cm³/mol. The van der Waals surface area contributed by atoms with Gasteiger partial charge in [-0.05, 0) is 49.4 Å². The number of carbonyl (C=O) groups is 2. The summed E-state index contributed by atoms with van der Waals surface area (Å²) in [6.45, 7) is 3.81. The maximum atomic E-state index is 12.5. The van der Waals surface area contributed by atoms with Crippen LogP contribution in [0.3, 0.4) is 0 Å². The van der Waals surface area contributed by atoms with Gasteiger partial charge in [0.1, 0.15) is 11.5 Å². The van der Waals surface area contributed by atoms with E-state index in [1.807, 2.05) is 19.9 Å². The lowest BCUT2D eigenvalue weighted by Crippen LogP contribution is -2.48. The van der Waals surface area contributed by atoms with E-state index in [4.69, 9.17) is 4.74 Å². The number of carbonyl (C=O) groups excluding carboxylic acids is 2. The standard InChI is InChI=1S/C16H18O3/c1-9-6-10-8-16(2)14(17)5-4-11(15(16)18)12(10)7-13(9)19-3/h6-7,11H,4-5,8H2,1-3H3/t11-,16-/m1/s1. The fourth-order valence-corrected chi connectivity index (χ4v) is 3.53. The number of methoxy groups -OCH3 is 1. The van der Waals surface area contributed by atoms with Crippen molar-refractivity contribution in [3.8, 4) is 5.75 Å². The van der Waals surface area contributed by atoms with Crippen molar-refractivity contribution >= 4 is 11.6 Å². The summed E-state index contributed by atoms with van der Waals surface area (Å²) >= 11 is 0. The topological polar surface area (TPSA) is 43.4 Å². The van der Waals surface area contributed by atoms with Gasteiger partial charge < -0.3 is 4.74 Å². The second kappa shape index (κ2) is 3.92. The average molecular weight is 258 g/mol. The van der Waals surface area contributed by atoms with Crippen LogP contribution in [-0.2, 0) is 16.0 Å². The Hall–Kier alpha value is -1.64. The number of hydrogen-bond acceptors (Lipinski definition) is 3. The maximum absolute atomic E-state index is 12.5. The third-order valence-electron chi connectivity index (χ3n) is 4.71. The van der Waals surface area contributed by atoms with E-state index in [2.05, 4.69) is 6.07 Å². The molecule has 0 spiro atoms. The molecule has 100 valence electrons. The van der Waals surface area contributed by atoms with Crippen LogP contribution in [0.2, 0.25) is 0 Å². The van der Waals surface area contributed by atoms with Crippen molar-refractivity contribution in [3.05, 3.63) is 28.8 Å². The van der Waals surface area contributed by atoms with Crippen LogP contribution >= 0.6 is 0 Å². The van der Waals surface area contributed by atoms with Gasteiger partial charge in [0.25, 0.3) is 0 Å². The molecule has 1 aromatic carbocycles. The zero-order valence-electron chi connectivity index (χ0n) is 11.6. The smallest absolute Gasteiger partial charge is 0.153 e. The van der Waals surface area contributed by atoms with E-state index >= 15 is 0 Å². The first kappa shape index (κ1) is 12.4. The van der Waals surface area contributed by atoms with Crippen LogP contribution in [0.4, 0.5) is 0 Å². The highest BCUT2D eigenvalue weighted by atomic mass is 16.5. The minimum absolute atomic E-state index is 0.0992. The number of fused-ring (bicyclic) bond motifs is 4. The largest absolute Gasteiger partial charge is 0.496 e. The van der Waals surface area contributed by atoms with E-state index in [1.165, 1.54) is 0 Å². The lowest BCUT2D eigenvalue weighted by molar-refractivity contribution is -0.144. The van der Waals surface area contributed by atoms with Crippen molar-refractivity contribution in [2.24, 2.45) is 5.41 Å². The minimum atomic E-state index is -0.795. The highest BCUT2D eigenvalue weighted by Crippen LogP contribution is 2.47. The Balaban J connectivity index is 2.19. The summed E-state index contributed by atoms with van der Waals surface area (Å²) in [5.41, 5.74) is 2.47. The van der Waals surface area contributed by atoms with Crippen LogP contribution in [0.5, 0.6) is 5.75 Å². The van der Waals surface area contributed by atoms with E-state index in [-0.39, 0.29) is 17.5 Å². The molecule has 19 heavy (non-hydrogen) atoms. The predicted octanol–water partition coefficient (Wildman–Crippen LogP) is 2.58. The van der Waals surface area contributed by atoms with Crippen LogP contribution in [-0.4, -0.2) is 18.7 Å². The molecular formula is C16H18O3. The van der Waals surface area contributed by atoms with Crippen molar-refractivity contribution in [1.29, 1.82) is 0 Å². The van der Waals surface area contributed by atoms with Crippen LogP contribution in [0.15, 0.2) is 12.1 Å². The molecule has 0 amide bonds. The van der Waals surface area contributed by atoms with Crippen LogP contribution in [0.25, 0.3) is 0 Å². The molecule has 2 bridgehead atoms. The van der Waals surface area contributed by atoms with Crippen molar-refractivity contribution in [3.63, 3.8) is 0 Å². The number of benzene rings is 1. The first-order valence-corrected chi connectivity index (χ1v) is 6.72. The second-order valence-corrected chi connectivity index (χ2v) is 5.91. The summed E-state index contributed by atoms with van der Waals surface area (Å²) < 4.78 is 5.35. The quantitative estimate of drug-likeness (QED) is 0.727. The molecule has 2 aliphatic rings. The molecule has 1 saturated carbocycles. The summed E-state index contributed by atoms with van der Waals surface area (Å²) in [7, 11) is 1.65. The molecule has 3 heteroatoms. The fourth-order valence-electron chi connectivity index (χ4n) is 3.53. The Labute approximate surface area is 113 Å². The molecule has 0 aromatic heterocycles. The molecule has 0 saturated heterocycles. The first-order valence-electron chi connectivity index (χ1n) is 6.72. The molecule has 0 radical (unpaired) electrons. The Morgan fingerprint density at radius 1 is 1.32 bits per heavy atom. The van der Waals surface area contributed by atoms with Gasteiger partial charge in [0.15, 0.2) is 5.78 Å². The molecule has 0 unspecified atom stereocenters. The number of Topliss-reactive ketones (excluding diaryl/α,β-unsaturated/α-hetero) is 2. The van der Waals surface area contributed by atoms with Gasteiger partial charge in [-0.2, -0.15) is 0 Å². The zero-order chi connectivity index (χ0) is 13.8. The zero-order valence-corrected chi connectivity index (χ0v) is 11.6. The van der Waals surface area contributed by atoms with Gasteiger partial charge in [-0.15, -0.1) is 0 Å². The fraction of sp³-hybridized carbons (Fsp3) is 0.500. The third-order valence-corrected chi connectivity index (χ3v) is 4.71. The van der Waals surface area contributed by atoms with Gasteiger partial charge in [0, 0.05) is 12.3 Å². The molecule has 1 aromatic rings. The number of ketones is 2. The SMILES string of the molecule is COc1cc2c(cc1C)C[C@]1(C)C(=O)CC[C@H]2C1=O. The Kier molecular flexibility index (Phi) is 2.56. The summed E-state index contributed by atoms with van der Waals surface area (Å²) in [5.74, 6) is 0.906. The second-order valence-electron chi connectivity index (χ2n) is 5.91. The molecule has 3 nitrogen and oxygen atoms in total. The summed E-state index contributed by atoms with van der Waals surface area (Å²) in [4.78, 5) is 24.6. The lowest BCUT2D eigenvalue weighted by atomic mass is 9.59. The van der Waals surface area contributed by atoms with E-state index < -0.39 is 5.41 Å². The number of rotatable bonds is 1. The summed E-state index contributed by atoms with van der Waals surface area (Å²) in [5, 5.41) is 0. The number of ether oxygens (including phenoxy) is 1. The van der Waals surface area contributed by atoms with Crippen molar-refractivity contribution in [2.75, 3.05) is 7.11 Å². The lowest BCUT2D eigenvalue weighted by Gasteiger charge is -2.41. The van der Waals surface area contributed by atoms with Crippen LogP contribution < -0.4 is 4.74 Å². The number of hydrogen-bond donors (Lipinski definition) is 0. The highest BCUT2D eigenvalue weighted by molar-refractivity contribution is 6.12. The Morgan fingerprint density at radius 3 is 2.74 bits per heavy atom. The molecule has 3 rings (SSSR count). The van der Waals surface area contributed by atoms with E-state index in [1.54, 1.807) is 7.11 Å². The average Bonchev–Trinajstić information content (AvgIpc) is 2.37. The van der Waals surface area contributed by atoms with Gasteiger partial charge in [-0.25, -0.2) is 0 Å². The maximum Gasteiger partial charge on any atom is 0.153 e. The van der Waals surface area contributed by atoms with E-state index in [0.717, 1.165) is 22.4 Å². The van der Waals surface area contributed by atoms with E-state index in [0.29, 0.717) is 19.3 Å². The summed E-state index contributed by atoms with van der Waals surface area (Å²) in [6.07, 6.45) is 1.70. The Bertz CT molecular complexity index is 588.